The topological polar surface area (TPSA) is 101 Å². The van der Waals surface area contributed by atoms with Gasteiger partial charge in [-0.25, -0.2) is 0 Å². The Morgan fingerprint density at radius 3 is 2.76 bits per heavy atom. The molecule has 0 radical (unpaired) electrons. The molecular formula is C17H18ClN3O4. The molecule has 0 saturated carbocycles. The molecule has 0 aliphatic rings. The number of nitrogens with zero attached hydrogens (tertiary/aromatic N) is 1. The molecule has 0 saturated heterocycles. The zero-order valence-corrected chi connectivity index (χ0v) is 14.3. The van der Waals surface area contributed by atoms with Gasteiger partial charge >= 0.3 is 5.97 Å². The number of benzene rings is 1. The van der Waals surface area contributed by atoms with Crippen molar-refractivity contribution in [3.63, 3.8) is 0 Å². The summed E-state index contributed by atoms with van der Waals surface area (Å²) in [6.45, 7) is 0.298. The van der Waals surface area contributed by atoms with E-state index in [1.165, 1.54) is 13.2 Å². The fraction of sp³-hybridized carbons (Fsp3) is 0.235. The highest BCUT2D eigenvalue weighted by atomic mass is 35.5. The summed E-state index contributed by atoms with van der Waals surface area (Å²) in [6, 6.07) is 7.34. The molecule has 7 nitrogen and oxygen atoms in total. The number of halogens is 1. The zero-order valence-electron chi connectivity index (χ0n) is 13.5. The van der Waals surface area contributed by atoms with Crippen molar-refractivity contribution >= 4 is 29.2 Å². The van der Waals surface area contributed by atoms with Crippen molar-refractivity contribution in [2.75, 3.05) is 12.4 Å². The predicted molar refractivity (Wildman–Crippen MR) is 93.8 cm³/mol. The number of amides is 1. The molecule has 0 fully saturated rings. The molecule has 25 heavy (non-hydrogen) atoms. The molecular weight excluding hydrogens is 346 g/mol. The second-order valence-electron chi connectivity index (χ2n) is 5.23. The van der Waals surface area contributed by atoms with Crippen LogP contribution in [0.3, 0.4) is 0 Å². The van der Waals surface area contributed by atoms with Crippen molar-refractivity contribution in [1.82, 2.24) is 10.3 Å². The normalized spacial score (nSPS) is 11.6. The molecule has 1 heterocycles. The van der Waals surface area contributed by atoms with Crippen LogP contribution in [-0.2, 0) is 16.1 Å². The van der Waals surface area contributed by atoms with E-state index in [1.54, 1.807) is 30.6 Å². The number of aromatic nitrogens is 1. The maximum Gasteiger partial charge on any atom is 0.321 e. The lowest BCUT2D eigenvalue weighted by atomic mass is 10.1. The van der Waals surface area contributed by atoms with Crippen molar-refractivity contribution in [3.05, 3.63) is 53.3 Å². The Hall–Kier alpha value is -2.64. The number of ether oxygens (including phenoxy) is 1. The third kappa shape index (κ3) is 5.74. The number of carboxylic acids is 1. The second-order valence-corrected chi connectivity index (χ2v) is 5.64. The Labute approximate surface area is 150 Å². The summed E-state index contributed by atoms with van der Waals surface area (Å²) in [4.78, 5) is 27.4. The minimum absolute atomic E-state index is 0.223. The predicted octanol–water partition coefficient (Wildman–Crippen LogP) is 2.32. The number of rotatable bonds is 8. The number of carboxylic acid groups (broad SMARTS) is 1. The van der Waals surface area contributed by atoms with Gasteiger partial charge in [0, 0.05) is 24.6 Å². The molecule has 2 rings (SSSR count). The maximum absolute atomic E-state index is 12.1. The molecule has 1 unspecified atom stereocenters. The molecule has 0 aliphatic heterocycles. The van der Waals surface area contributed by atoms with E-state index in [-0.39, 0.29) is 6.42 Å². The fourth-order valence-electron chi connectivity index (χ4n) is 2.13. The van der Waals surface area contributed by atoms with Gasteiger partial charge in [0.1, 0.15) is 11.8 Å². The van der Waals surface area contributed by atoms with Crippen LogP contribution in [-0.4, -0.2) is 35.1 Å². The Kier molecular flexibility index (Phi) is 6.73. The SMILES string of the molecule is COc1ccc(NC(=O)CC(NCc2cccnc2)C(=O)O)cc1Cl. The number of carbonyl (C=O) groups is 2. The average molecular weight is 364 g/mol. The molecule has 0 spiro atoms. The minimum Gasteiger partial charge on any atom is -0.495 e. The lowest BCUT2D eigenvalue weighted by molar-refractivity contribution is -0.141. The maximum atomic E-state index is 12.1. The number of aliphatic carboxylic acids is 1. The van der Waals surface area contributed by atoms with Crippen molar-refractivity contribution in [3.8, 4) is 5.75 Å². The molecule has 1 atom stereocenters. The Balaban J connectivity index is 1.93. The number of nitrogens with one attached hydrogen (secondary N) is 2. The first kappa shape index (κ1) is 18.7. The van der Waals surface area contributed by atoms with Crippen molar-refractivity contribution in [1.29, 1.82) is 0 Å². The quantitative estimate of drug-likeness (QED) is 0.665. The molecule has 1 aromatic carbocycles. The highest BCUT2D eigenvalue weighted by molar-refractivity contribution is 6.32. The van der Waals surface area contributed by atoms with E-state index < -0.39 is 17.9 Å². The third-order valence-corrected chi connectivity index (χ3v) is 3.69. The van der Waals surface area contributed by atoms with Crippen LogP contribution in [0, 0.1) is 0 Å². The van der Waals surface area contributed by atoms with Gasteiger partial charge in [-0.15, -0.1) is 0 Å². The van der Waals surface area contributed by atoms with E-state index in [0.29, 0.717) is 23.0 Å². The van der Waals surface area contributed by atoms with Gasteiger partial charge in [-0.2, -0.15) is 0 Å². The van der Waals surface area contributed by atoms with Crippen molar-refractivity contribution in [2.45, 2.75) is 19.0 Å². The highest BCUT2D eigenvalue weighted by Crippen LogP contribution is 2.27. The standard InChI is InChI=1S/C17H18ClN3O4/c1-25-15-5-4-12(7-13(15)18)21-16(22)8-14(17(23)24)20-10-11-3-2-6-19-9-11/h2-7,9,14,20H,8,10H2,1H3,(H,21,22)(H,23,24). The van der Waals surface area contributed by atoms with E-state index in [4.69, 9.17) is 16.3 Å². The van der Waals surface area contributed by atoms with Crippen LogP contribution in [0.1, 0.15) is 12.0 Å². The molecule has 0 aliphatic carbocycles. The van der Waals surface area contributed by atoms with Crippen LogP contribution < -0.4 is 15.4 Å². The van der Waals surface area contributed by atoms with Gasteiger partial charge in [0.15, 0.2) is 0 Å². The largest absolute Gasteiger partial charge is 0.495 e. The molecule has 3 N–H and O–H groups in total. The summed E-state index contributed by atoms with van der Waals surface area (Å²) in [5.74, 6) is -1.06. The lowest BCUT2D eigenvalue weighted by Crippen LogP contribution is -2.39. The first-order chi connectivity index (χ1) is 12.0. The van der Waals surface area contributed by atoms with Gasteiger partial charge in [0.25, 0.3) is 0 Å². The minimum atomic E-state index is -1.10. The summed E-state index contributed by atoms with van der Waals surface area (Å²) in [5, 5.41) is 15.1. The monoisotopic (exact) mass is 363 g/mol. The smallest absolute Gasteiger partial charge is 0.321 e. The summed E-state index contributed by atoms with van der Waals surface area (Å²) in [6.07, 6.45) is 3.04. The molecule has 2 aromatic rings. The molecule has 0 bridgehead atoms. The fourth-order valence-corrected chi connectivity index (χ4v) is 2.39. The van der Waals surface area contributed by atoms with Gasteiger partial charge in [-0.1, -0.05) is 17.7 Å². The number of hydrogen-bond donors (Lipinski definition) is 3. The average Bonchev–Trinajstić information content (AvgIpc) is 2.59. The van der Waals surface area contributed by atoms with Crippen LogP contribution in [0.5, 0.6) is 5.75 Å². The number of carbonyl (C=O) groups excluding carboxylic acids is 1. The van der Waals surface area contributed by atoms with Gasteiger partial charge in [0.2, 0.25) is 5.91 Å². The second kappa shape index (κ2) is 9.00. The number of methoxy groups -OCH3 is 1. The van der Waals surface area contributed by atoms with E-state index in [1.807, 2.05) is 6.07 Å². The van der Waals surface area contributed by atoms with E-state index in [9.17, 15) is 14.7 Å². The first-order valence-corrected chi connectivity index (χ1v) is 7.86. The number of hydrogen-bond acceptors (Lipinski definition) is 5. The van der Waals surface area contributed by atoms with Gasteiger partial charge in [-0.3, -0.25) is 19.9 Å². The number of pyridine rings is 1. The lowest BCUT2D eigenvalue weighted by Gasteiger charge is -2.14. The molecule has 1 aromatic heterocycles. The molecule has 8 heteroatoms. The van der Waals surface area contributed by atoms with E-state index >= 15 is 0 Å². The van der Waals surface area contributed by atoms with Crippen LogP contribution in [0.25, 0.3) is 0 Å². The Morgan fingerprint density at radius 2 is 2.16 bits per heavy atom. The third-order valence-electron chi connectivity index (χ3n) is 3.40. The van der Waals surface area contributed by atoms with Crippen molar-refractivity contribution in [2.24, 2.45) is 0 Å². The van der Waals surface area contributed by atoms with Crippen LogP contribution in [0.2, 0.25) is 5.02 Å². The first-order valence-electron chi connectivity index (χ1n) is 7.48. The van der Waals surface area contributed by atoms with Crippen molar-refractivity contribution < 1.29 is 19.4 Å². The van der Waals surface area contributed by atoms with E-state index in [0.717, 1.165) is 5.56 Å². The zero-order chi connectivity index (χ0) is 18.2. The Morgan fingerprint density at radius 1 is 1.36 bits per heavy atom. The molecule has 132 valence electrons. The van der Waals surface area contributed by atoms with Crippen LogP contribution in [0.4, 0.5) is 5.69 Å². The number of anilines is 1. The highest BCUT2D eigenvalue weighted by Gasteiger charge is 2.21. The van der Waals surface area contributed by atoms with Gasteiger partial charge < -0.3 is 15.2 Å². The van der Waals surface area contributed by atoms with Crippen LogP contribution >= 0.6 is 11.6 Å². The molecule has 1 amide bonds. The van der Waals surface area contributed by atoms with Gasteiger partial charge in [-0.05, 0) is 29.8 Å². The summed E-state index contributed by atoms with van der Waals surface area (Å²) in [5.41, 5.74) is 1.29. The van der Waals surface area contributed by atoms with E-state index in [2.05, 4.69) is 15.6 Å². The van der Waals surface area contributed by atoms with Crippen LogP contribution in [0.15, 0.2) is 42.7 Å². The summed E-state index contributed by atoms with van der Waals surface area (Å²) < 4.78 is 5.04. The summed E-state index contributed by atoms with van der Waals surface area (Å²) in [7, 11) is 1.49. The Bertz CT molecular complexity index is 740. The summed E-state index contributed by atoms with van der Waals surface area (Å²) >= 11 is 6.00. The van der Waals surface area contributed by atoms with Gasteiger partial charge in [0.05, 0.1) is 18.6 Å².